The molecule has 0 heterocycles. The van der Waals surface area contributed by atoms with E-state index in [1.807, 2.05) is 0 Å². The molecule has 88 valence electrons. The Balaban J connectivity index is 3.34. The van der Waals surface area contributed by atoms with E-state index in [0.717, 1.165) is 12.1 Å². The Bertz CT molecular complexity index is 523. The first-order valence-corrected chi connectivity index (χ1v) is 6.83. The molecular formula is C10H10ClFO3S. The van der Waals surface area contributed by atoms with Crippen LogP contribution in [0.3, 0.4) is 0 Å². The Kier molecular flexibility index (Phi) is 3.70. The molecule has 0 aromatic heterocycles. The molecular weight excluding hydrogens is 255 g/mol. The van der Waals surface area contributed by atoms with Crippen LogP contribution in [0, 0.1) is 11.7 Å². The number of halogens is 2. The fourth-order valence-corrected chi connectivity index (χ4v) is 2.10. The van der Waals surface area contributed by atoms with E-state index in [4.69, 9.17) is 10.7 Å². The fraction of sp³-hybridized carbons (Fsp3) is 0.300. The summed E-state index contributed by atoms with van der Waals surface area (Å²) in [5, 5.41) is 0. The van der Waals surface area contributed by atoms with Gasteiger partial charge in [0.15, 0.2) is 5.78 Å². The number of carbonyl (C=O) groups is 1. The maximum Gasteiger partial charge on any atom is 0.264 e. The minimum atomic E-state index is -4.17. The van der Waals surface area contributed by atoms with Gasteiger partial charge in [-0.1, -0.05) is 13.8 Å². The van der Waals surface area contributed by atoms with Crippen LogP contribution in [-0.2, 0) is 9.05 Å². The predicted octanol–water partition coefficient (Wildman–Crippen LogP) is 2.59. The van der Waals surface area contributed by atoms with E-state index < -0.39 is 19.8 Å². The molecule has 16 heavy (non-hydrogen) atoms. The number of ketones is 1. The van der Waals surface area contributed by atoms with Gasteiger partial charge in [0.05, 0.1) is 0 Å². The van der Waals surface area contributed by atoms with Crippen LogP contribution in [0.1, 0.15) is 24.2 Å². The minimum absolute atomic E-state index is 0.135. The van der Waals surface area contributed by atoms with Gasteiger partial charge in [0, 0.05) is 22.2 Å². The van der Waals surface area contributed by atoms with Crippen LogP contribution < -0.4 is 0 Å². The number of benzene rings is 1. The smallest absolute Gasteiger partial charge is 0.264 e. The molecule has 0 aliphatic rings. The third-order valence-corrected chi connectivity index (χ3v) is 3.34. The highest BCUT2D eigenvalue weighted by molar-refractivity contribution is 8.13. The standard InChI is InChI=1S/C10H10ClFO3S/c1-6(2)10(13)7-3-4-8(12)9(5-7)16(11,14)15/h3-6H,1-2H3. The molecule has 0 bridgehead atoms. The van der Waals surface area contributed by atoms with Crippen molar-refractivity contribution in [3.8, 4) is 0 Å². The lowest BCUT2D eigenvalue weighted by Crippen LogP contribution is -2.09. The highest BCUT2D eigenvalue weighted by Gasteiger charge is 2.19. The number of rotatable bonds is 3. The van der Waals surface area contributed by atoms with Gasteiger partial charge in [0.1, 0.15) is 10.7 Å². The summed E-state index contributed by atoms with van der Waals surface area (Å²) in [7, 11) is 0.871. The molecule has 0 aliphatic carbocycles. The molecule has 0 saturated carbocycles. The third-order valence-electron chi connectivity index (χ3n) is 2.00. The van der Waals surface area contributed by atoms with Crippen molar-refractivity contribution < 1.29 is 17.6 Å². The second-order valence-electron chi connectivity index (χ2n) is 3.60. The predicted molar refractivity (Wildman–Crippen MR) is 58.6 cm³/mol. The van der Waals surface area contributed by atoms with Crippen molar-refractivity contribution >= 4 is 25.5 Å². The van der Waals surface area contributed by atoms with E-state index in [1.54, 1.807) is 13.8 Å². The first-order chi connectivity index (χ1) is 7.23. The van der Waals surface area contributed by atoms with Crippen LogP contribution in [0.15, 0.2) is 23.1 Å². The summed E-state index contributed by atoms with van der Waals surface area (Å²) in [6.07, 6.45) is 0. The lowest BCUT2D eigenvalue weighted by Gasteiger charge is -2.06. The van der Waals surface area contributed by atoms with Crippen LogP contribution in [0.25, 0.3) is 0 Å². The number of carbonyl (C=O) groups excluding carboxylic acids is 1. The summed E-state index contributed by atoms with van der Waals surface area (Å²) in [4.78, 5) is 10.9. The van der Waals surface area contributed by atoms with Crippen molar-refractivity contribution in [2.45, 2.75) is 18.7 Å². The second kappa shape index (κ2) is 4.51. The largest absolute Gasteiger partial charge is 0.294 e. The first-order valence-electron chi connectivity index (χ1n) is 4.52. The van der Waals surface area contributed by atoms with Crippen molar-refractivity contribution in [2.75, 3.05) is 0 Å². The van der Waals surface area contributed by atoms with Crippen molar-refractivity contribution in [3.63, 3.8) is 0 Å². The maximum absolute atomic E-state index is 13.2. The van der Waals surface area contributed by atoms with Crippen molar-refractivity contribution in [3.05, 3.63) is 29.6 Å². The van der Waals surface area contributed by atoms with Crippen LogP contribution in [-0.4, -0.2) is 14.2 Å². The number of hydrogen-bond acceptors (Lipinski definition) is 3. The first kappa shape index (κ1) is 13.1. The SMILES string of the molecule is CC(C)C(=O)c1ccc(F)c(S(=O)(=O)Cl)c1. The summed E-state index contributed by atoms with van der Waals surface area (Å²) in [6.45, 7) is 3.33. The molecule has 0 atom stereocenters. The van der Waals surface area contributed by atoms with Gasteiger partial charge in [-0.3, -0.25) is 4.79 Å². The quantitative estimate of drug-likeness (QED) is 0.623. The molecule has 1 aromatic rings. The van der Waals surface area contributed by atoms with Gasteiger partial charge in [-0.2, -0.15) is 0 Å². The van der Waals surface area contributed by atoms with Gasteiger partial charge >= 0.3 is 0 Å². The number of hydrogen-bond donors (Lipinski definition) is 0. The molecule has 0 fully saturated rings. The molecule has 1 aromatic carbocycles. The molecule has 0 spiro atoms. The maximum atomic E-state index is 13.2. The average molecular weight is 265 g/mol. The molecule has 0 amide bonds. The molecule has 1 rings (SSSR count). The molecule has 0 aliphatic heterocycles. The van der Waals surface area contributed by atoms with Crippen molar-refractivity contribution in [1.82, 2.24) is 0 Å². The van der Waals surface area contributed by atoms with Crippen LogP contribution in [0.4, 0.5) is 4.39 Å². The summed E-state index contributed by atoms with van der Waals surface area (Å²) < 4.78 is 35.2. The fourth-order valence-electron chi connectivity index (χ4n) is 1.18. The molecule has 3 nitrogen and oxygen atoms in total. The zero-order valence-electron chi connectivity index (χ0n) is 8.70. The Hall–Kier alpha value is -0.940. The molecule has 0 N–H and O–H groups in total. The average Bonchev–Trinajstić information content (AvgIpc) is 2.15. The topological polar surface area (TPSA) is 51.2 Å². The van der Waals surface area contributed by atoms with Crippen LogP contribution in [0.5, 0.6) is 0 Å². The third kappa shape index (κ3) is 2.80. The Morgan fingerprint density at radius 1 is 1.38 bits per heavy atom. The van der Waals surface area contributed by atoms with Gasteiger partial charge in [0.2, 0.25) is 0 Å². The van der Waals surface area contributed by atoms with Crippen molar-refractivity contribution in [1.29, 1.82) is 0 Å². The Morgan fingerprint density at radius 2 is 1.94 bits per heavy atom. The lowest BCUT2D eigenvalue weighted by molar-refractivity contribution is 0.0939. The van der Waals surface area contributed by atoms with Gasteiger partial charge in [0.25, 0.3) is 9.05 Å². The lowest BCUT2D eigenvalue weighted by atomic mass is 10.0. The van der Waals surface area contributed by atoms with E-state index in [-0.39, 0.29) is 17.3 Å². The van der Waals surface area contributed by atoms with E-state index in [0.29, 0.717) is 0 Å². The second-order valence-corrected chi connectivity index (χ2v) is 6.14. The molecule has 0 unspecified atom stereocenters. The molecule has 0 radical (unpaired) electrons. The molecule has 6 heteroatoms. The summed E-state index contributed by atoms with van der Waals surface area (Å²) in [5.41, 5.74) is 0.135. The van der Waals surface area contributed by atoms with Gasteiger partial charge in [-0.05, 0) is 18.2 Å². The van der Waals surface area contributed by atoms with Crippen LogP contribution >= 0.6 is 10.7 Å². The van der Waals surface area contributed by atoms with Gasteiger partial charge in [-0.15, -0.1) is 0 Å². The van der Waals surface area contributed by atoms with Gasteiger partial charge < -0.3 is 0 Å². The van der Waals surface area contributed by atoms with E-state index in [9.17, 15) is 17.6 Å². The Labute approximate surface area is 97.7 Å². The van der Waals surface area contributed by atoms with E-state index in [1.165, 1.54) is 6.07 Å². The van der Waals surface area contributed by atoms with Crippen molar-refractivity contribution in [2.24, 2.45) is 5.92 Å². The monoisotopic (exact) mass is 264 g/mol. The summed E-state index contributed by atoms with van der Waals surface area (Å²) in [6, 6.07) is 3.12. The van der Waals surface area contributed by atoms with Gasteiger partial charge in [-0.25, -0.2) is 12.8 Å². The van der Waals surface area contributed by atoms with E-state index >= 15 is 0 Å². The summed E-state index contributed by atoms with van der Waals surface area (Å²) in [5.74, 6) is -1.52. The zero-order valence-corrected chi connectivity index (χ0v) is 10.3. The number of Topliss-reactive ketones (excluding diaryl/α,β-unsaturated/α-hetero) is 1. The Morgan fingerprint density at radius 3 is 2.38 bits per heavy atom. The van der Waals surface area contributed by atoms with Crippen LogP contribution in [0.2, 0.25) is 0 Å². The summed E-state index contributed by atoms with van der Waals surface area (Å²) >= 11 is 0. The zero-order chi connectivity index (χ0) is 12.5. The normalized spacial score (nSPS) is 11.8. The minimum Gasteiger partial charge on any atom is -0.294 e. The van der Waals surface area contributed by atoms with E-state index in [2.05, 4.69) is 0 Å². The highest BCUT2D eigenvalue weighted by Crippen LogP contribution is 2.21. The highest BCUT2D eigenvalue weighted by atomic mass is 35.7. The molecule has 0 saturated heterocycles.